The van der Waals surface area contributed by atoms with Crippen LogP contribution in [0.25, 0.3) is 22.4 Å². The molecule has 3 rings (SSSR count). The van der Waals surface area contributed by atoms with Gasteiger partial charge >= 0.3 is 5.97 Å². The largest absolute Gasteiger partial charge is 0.475 e. The van der Waals surface area contributed by atoms with Crippen LogP contribution in [0, 0.1) is 0 Å². The number of carboxylic acid groups (broad SMARTS) is 1. The van der Waals surface area contributed by atoms with E-state index in [-0.39, 0.29) is 5.76 Å². The van der Waals surface area contributed by atoms with Crippen LogP contribution in [0.3, 0.4) is 0 Å². The van der Waals surface area contributed by atoms with Crippen LogP contribution < -0.4 is 0 Å². The van der Waals surface area contributed by atoms with E-state index in [1.165, 1.54) is 0 Å². The zero-order valence-electron chi connectivity index (χ0n) is 12.7. The van der Waals surface area contributed by atoms with Crippen molar-refractivity contribution in [2.24, 2.45) is 0 Å². The summed E-state index contributed by atoms with van der Waals surface area (Å²) in [5.41, 5.74) is 3.50. The number of hydrogen-bond acceptors (Lipinski definition) is 3. The lowest BCUT2D eigenvalue weighted by molar-refractivity contribution is 0.0663. The van der Waals surface area contributed by atoms with E-state index >= 15 is 0 Å². The Labute approximate surface area is 138 Å². The molecule has 0 unspecified atom stereocenters. The molecule has 1 N–H and O–H groups in total. The highest BCUT2D eigenvalue weighted by Gasteiger charge is 2.21. The monoisotopic (exact) mass is 329 g/mol. The smallest absolute Gasteiger partial charge is 0.372 e. The van der Waals surface area contributed by atoms with Gasteiger partial charge in [-0.1, -0.05) is 37.1 Å². The average molecular weight is 330 g/mol. The van der Waals surface area contributed by atoms with Gasteiger partial charge in [0.1, 0.15) is 5.52 Å². The third-order valence-corrected chi connectivity index (χ3v) is 4.00. The Morgan fingerprint density at radius 1 is 1.22 bits per heavy atom. The number of rotatable bonds is 5. The molecule has 0 saturated carbocycles. The lowest BCUT2D eigenvalue weighted by atomic mass is 10.1. The normalized spacial score (nSPS) is 11.0. The van der Waals surface area contributed by atoms with Gasteiger partial charge in [0, 0.05) is 16.1 Å². The second-order valence-electron chi connectivity index (χ2n) is 5.37. The third-order valence-electron chi connectivity index (χ3n) is 3.74. The van der Waals surface area contributed by atoms with Crippen molar-refractivity contribution in [3.63, 3.8) is 0 Å². The van der Waals surface area contributed by atoms with Crippen molar-refractivity contribution in [2.75, 3.05) is 0 Å². The van der Waals surface area contributed by atoms with Crippen LogP contribution >= 0.6 is 11.6 Å². The van der Waals surface area contributed by atoms with Crippen molar-refractivity contribution >= 4 is 28.7 Å². The average Bonchev–Trinajstić information content (AvgIpc) is 2.91. The Hall–Kier alpha value is -2.33. The SMILES string of the molecule is CCCCc1c(C(=O)O)oc2ccc(-c3ccc(Cl)cc3)nc12. The Morgan fingerprint density at radius 3 is 2.61 bits per heavy atom. The lowest BCUT2D eigenvalue weighted by Gasteiger charge is -2.02. The van der Waals surface area contributed by atoms with E-state index in [0.717, 1.165) is 24.1 Å². The zero-order chi connectivity index (χ0) is 16.4. The van der Waals surface area contributed by atoms with Crippen LogP contribution in [0.15, 0.2) is 40.8 Å². The number of aryl methyl sites for hydroxylation is 1. The maximum absolute atomic E-state index is 11.4. The number of pyridine rings is 1. The lowest BCUT2D eigenvalue weighted by Crippen LogP contribution is -1.99. The van der Waals surface area contributed by atoms with Crippen molar-refractivity contribution in [2.45, 2.75) is 26.2 Å². The summed E-state index contributed by atoms with van der Waals surface area (Å²) in [7, 11) is 0. The van der Waals surface area contributed by atoms with Crippen LogP contribution in [0.2, 0.25) is 5.02 Å². The molecular weight excluding hydrogens is 314 g/mol. The maximum Gasteiger partial charge on any atom is 0.372 e. The van der Waals surface area contributed by atoms with Gasteiger partial charge in [0.05, 0.1) is 5.69 Å². The number of unbranched alkanes of at least 4 members (excludes halogenated alkanes) is 1. The number of fused-ring (bicyclic) bond motifs is 1. The Balaban J connectivity index is 2.13. The summed E-state index contributed by atoms with van der Waals surface area (Å²) < 4.78 is 5.48. The predicted octanol–water partition coefficient (Wildman–Crippen LogP) is 5.19. The van der Waals surface area contributed by atoms with Gasteiger partial charge in [-0.2, -0.15) is 0 Å². The van der Waals surface area contributed by atoms with Crippen LogP contribution in [0.4, 0.5) is 0 Å². The highest BCUT2D eigenvalue weighted by Crippen LogP contribution is 2.29. The molecule has 0 aliphatic heterocycles. The number of benzene rings is 1. The van der Waals surface area contributed by atoms with Gasteiger partial charge < -0.3 is 9.52 Å². The number of aromatic carboxylic acids is 1. The number of hydrogen-bond donors (Lipinski definition) is 1. The van der Waals surface area contributed by atoms with Crippen LogP contribution in [-0.4, -0.2) is 16.1 Å². The predicted molar refractivity (Wildman–Crippen MR) is 90.0 cm³/mol. The minimum atomic E-state index is -1.05. The summed E-state index contributed by atoms with van der Waals surface area (Å²) in [6.07, 6.45) is 2.51. The van der Waals surface area contributed by atoms with Gasteiger partial charge in [0.2, 0.25) is 5.76 Å². The summed E-state index contributed by atoms with van der Waals surface area (Å²) in [5, 5.41) is 10.0. The van der Waals surface area contributed by atoms with Crippen LogP contribution in [0.1, 0.15) is 35.9 Å². The van der Waals surface area contributed by atoms with Gasteiger partial charge in [-0.3, -0.25) is 0 Å². The van der Waals surface area contributed by atoms with E-state index in [2.05, 4.69) is 11.9 Å². The molecule has 0 amide bonds. The van der Waals surface area contributed by atoms with Crippen LogP contribution in [0.5, 0.6) is 0 Å². The molecule has 4 nitrogen and oxygen atoms in total. The molecule has 0 aliphatic rings. The molecule has 0 aliphatic carbocycles. The summed E-state index contributed by atoms with van der Waals surface area (Å²) in [6, 6.07) is 11.0. The van der Waals surface area contributed by atoms with E-state index in [1.807, 2.05) is 18.2 Å². The Bertz CT molecular complexity index is 853. The van der Waals surface area contributed by atoms with E-state index in [4.69, 9.17) is 16.0 Å². The number of carboxylic acids is 1. The number of nitrogens with zero attached hydrogens (tertiary/aromatic N) is 1. The first kappa shape index (κ1) is 15.6. The molecule has 23 heavy (non-hydrogen) atoms. The second kappa shape index (κ2) is 6.42. The van der Waals surface area contributed by atoms with Crippen molar-refractivity contribution < 1.29 is 14.3 Å². The van der Waals surface area contributed by atoms with Gasteiger partial charge in [0.25, 0.3) is 0 Å². The number of carbonyl (C=O) groups is 1. The molecule has 0 spiro atoms. The molecule has 118 valence electrons. The molecule has 0 saturated heterocycles. The molecule has 2 aromatic heterocycles. The van der Waals surface area contributed by atoms with E-state index in [0.29, 0.717) is 28.1 Å². The minimum absolute atomic E-state index is 0.00536. The highest BCUT2D eigenvalue weighted by molar-refractivity contribution is 6.30. The molecule has 0 bridgehead atoms. The quantitative estimate of drug-likeness (QED) is 0.699. The topological polar surface area (TPSA) is 63.3 Å². The molecule has 0 atom stereocenters. The van der Waals surface area contributed by atoms with Crippen molar-refractivity contribution in [3.8, 4) is 11.3 Å². The zero-order valence-corrected chi connectivity index (χ0v) is 13.4. The molecule has 0 radical (unpaired) electrons. The third kappa shape index (κ3) is 3.08. The van der Waals surface area contributed by atoms with Crippen molar-refractivity contribution in [1.82, 2.24) is 4.98 Å². The summed E-state index contributed by atoms with van der Waals surface area (Å²) in [6.45, 7) is 2.06. The molecular formula is C18H16ClNO3. The van der Waals surface area contributed by atoms with Crippen molar-refractivity contribution in [3.05, 3.63) is 52.7 Å². The molecule has 0 fully saturated rings. The summed E-state index contributed by atoms with van der Waals surface area (Å²) >= 11 is 5.91. The molecule has 1 aromatic carbocycles. The van der Waals surface area contributed by atoms with Gasteiger partial charge in [0.15, 0.2) is 5.58 Å². The fourth-order valence-electron chi connectivity index (χ4n) is 2.56. The molecule has 5 heteroatoms. The summed E-state index contributed by atoms with van der Waals surface area (Å²) in [5.74, 6) is -1.06. The fourth-order valence-corrected chi connectivity index (χ4v) is 2.69. The summed E-state index contributed by atoms with van der Waals surface area (Å²) in [4.78, 5) is 16.0. The number of furan rings is 1. The number of halogens is 1. The first-order chi connectivity index (χ1) is 11.1. The maximum atomic E-state index is 11.4. The van der Waals surface area contributed by atoms with Crippen molar-refractivity contribution in [1.29, 1.82) is 0 Å². The van der Waals surface area contributed by atoms with Gasteiger partial charge in [-0.25, -0.2) is 9.78 Å². The minimum Gasteiger partial charge on any atom is -0.475 e. The second-order valence-corrected chi connectivity index (χ2v) is 5.81. The van der Waals surface area contributed by atoms with E-state index < -0.39 is 5.97 Å². The molecule has 3 aromatic rings. The first-order valence-corrected chi connectivity index (χ1v) is 7.89. The van der Waals surface area contributed by atoms with Crippen LogP contribution in [-0.2, 0) is 6.42 Å². The van der Waals surface area contributed by atoms with Gasteiger partial charge in [-0.15, -0.1) is 0 Å². The van der Waals surface area contributed by atoms with E-state index in [1.54, 1.807) is 18.2 Å². The van der Waals surface area contributed by atoms with Gasteiger partial charge in [-0.05, 0) is 37.1 Å². The standard InChI is InChI=1S/C18H16ClNO3/c1-2-3-4-13-16-15(23-17(13)18(21)22)10-9-14(20-16)11-5-7-12(19)8-6-11/h5-10H,2-4H2,1H3,(H,21,22). The Morgan fingerprint density at radius 2 is 1.96 bits per heavy atom. The number of aromatic nitrogens is 1. The molecule has 2 heterocycles. The fraction of sp³-hybridized carbons (Fsp3) is 0.222. The highest BCUT2D eigenvalue weighted by atomic mass is 35.5. The Kier molecular flexibility index (Phi) is 4.35. The van der Waals surface area contributed by atoms with E-state index in [9.17, 15) is 9.90 Å². The first-order valence-electron chi connectivity index (χ1n) is 7.51.